The van der Waals surface area contributed by atoms with Crippen LogP contribution in [0.5, 0.6) is 0 Å². The Morgan fingerprint density at radius 3 is 2.27 bits per heavy atom. The molecule has 0 spiro atoms. The van der Waals surface area contributed by atoms with Crippen molar-refractivity contribution in [3.63, 3.8) is 0 Å². The summed E-state index contributed by atoms with van der Waals surface area (Å²) in [5, 5.41) is 13.9. The zero-order valence-electron chi connectivity index (χ0n) is 15.3. The maximum absolute atomic E-state index is 13.5. The minimum atomic E-state index is -3.80. The Morgan fingerprint density at radius 2 is 1.69 bits per heavy atom. The fourth-order valence-corrected chi connectivity index (χ4v) is 5.71. The lowest BCUT2D eigenvalue weighted by Gasteiger charge is -2.27. The topological polar surface area (TPSA) is 71.6 Å². The highest BCUT2D eigenvalue weighted by atomic mass is 32.1. The van der Waals surface area contributed by atoms with Crippen LogP contribution in [0.3, 0.4) is 0 Å². The lowest BCUT2D eigenvalue weighted by atomic mass is 10.1. The number of hydrogen-bond acceptors (Lipinski definition) is 5. The number of para-hydroxylation sites is 1. The van der Waals surface area contributed by atoms with Crippen molar-refractivity contribution >= 4 is 29.8 Å². The van der Waals surface area contributed by atoms with Crippen LogP contribution in [0.2, 0.25) is 0 Å². The summed E-state index contributed by atoms with van der Waals surface area (Å²) in [5.41, 5.74) is 2.16. The average Bonchev–Trinajstić information content (AvgIpc) is 3.19. The molecule has 3 aromatic rings. The Balaban J connectivity index is 2.18. The molecule has 5 nitrogen and oxygen atoms in total. The first kappa shape index (κ1) is 19.3. The highest BCUT2D eigenvalue weighted by Crippen LogP contribution is 2.63. The summed E-state index contributed by atoms with van der Waals surface area (Å²) >= 11 is 1.55. The Labute approximate surface area is 157 Å². The van der Waals surface area contributed by atoms with Crippen LogP contribution in [0.25, 0.3) is 21.5 Å². The van der Waals surface area contributed by atoms with Crippen LogP contribution in [-0.4, -0.2) is 22.3 Å². The highest BCUT2D eigenvalue weighted by Gasteiger charge is 2.41. The molecule has 2 N–H and O–H groups in total. The molecule has 140 valence electrons. The monoisotopic (exact) mass is 393 g/mol. The number of nitrogens with one attached hydrogen (secondary N) is 1. The molecule has 3 rings (SSSR count). The predicted molar refractivity (Wildman–Crippen MR) is 107 cm³/mol. The Bertz CT molecular complexity index is 903. The average molecular weight is 393 g/mol. The van der Waals surface area contributed by atoms with Gasteiger partial charge in [0.25, 0.3) is 0 Å². The van der Waals surface area contributed by atoms with Crippen LogP contribution in [0.1, 0.15) is 39.1 Å². The van der Waals surface area contributed by atoms with Gasteiger partial charge in [-0.05, 0) is 45.2 Å². The van der Waals surface area contributed by atoms with Crippen molar-refractivity contribution in [2.75, 3.05) is 0 Å². The number of hydrogen-bond donors (Lipinski definition) is 2. The van der Waals surface area contributed by atoms with Gasteiger partial charge in [0, 0.05) is 16.5 Å². The molecule has 0 aliphatic carbocycles. The van der Waals surface area contributed by atoms with E-state index in [4.69, 9.17) is 9.05 Å². The van der Waals surface area contributed by atoms with Crippen LogP contribution in [0, 0.1) is 0 Å². The highest BCUT2D eigenvalue weighted by molar-refractivity contribution is 7.54. The zero-order chi connectivity index (χ0) is 18.9. The van der Waals surface area contributed by atoms with E-state index in [0.717, 1.165) is 21.5 Å². The number of fused-ring (bicyclic) bond motifs is 1. The third-order valence-electron chi connectivity index (χ3n) is 3.79. The van der Waals surface area contributed by atoms with Crippen molar-refractivity contribution in [2.45, 2.75) is 45.7 Å². The van der Waals surface area contributed by atoms with Crippen molar-refractivity contribution in [3.8, 4) is 10.6 Å². The molecule has 2 aromatic heterocycles. The summed E-state index contributed by atoms with van der Waals surface area (Å²) in [5.74, 6) is -1.39. The van der Waals surface area contributed by atoms with Gasteiger partial charge in [-0.25, -0.2) is 0 Å². The van der Waals surface area contributed by atoms with Gasteiger partial charge in [-0.1, -0.05) is 24.3 Å². The van der Waals surface area contributed by atoms with E-state index in [1.165, 1.54) is 0 Å². The smallest absolute Gasteiger partial charge is 0.364 e. The van der Waals surface area contributed by atoms with Crippen molar-refractivity contribution in [1.82, 2.24) is 4.98 Å². The molecule has 0 radical (unpaired) electrons. The number of aromatic amines is 1. The van der Waals surface area contributed by atoms with Crippen LogP contribution >= 0.6 is 18.9 Å². The summed E-state index contributed by atoms with van der Waals surface area (Å²) in [6, 6.07) is 11.5. The Hall–Kier alpha value is -1.43. The summed E-state index contributed by atoms with van der Waals surface area (Å²) in [7, 11) is -3.80. The van der Waals surface area contributed by atoms with E-state index in [1.54, 1.807) is 39.0 Å². The molecule has 26 heavy (non-hydrogen) atoms. The van der Waals surface area contributed by atoms with Crippen LogP contribution in [-0.2, 0) is 13.6 Å². The van der Waals surface area contributed by atoms with Gasteiger partial charge >= 0.3 is 7.60 Å². The zero-order valence-corrected chi connectivity index (χ0v) is 17.0. The second-order valence-electron chi connectivity index (χ2n) is 6.66. The lowest BCUT2D eigenvalue weighted by Crippen LogP contribution is -2.13. The first-order valence-corrected chi connectivity index (χ1v) is 11.1. The third-order valence-corrected chi connectivity index (χ3v) is 6.96. The first-order chi connectivity index (χ1) is 12.3. The minimum Gasteiger partial charge on any atom is -0.376 e. The van der Waals surface area contributed by atoms with Crippen LogP contribution < -0.4 is 0 Å². The second-order valence-corrected chi connectivity index (χ2v) is 9.60. The number of thiophene rings is 1. The van der Waals surface area contributed by atoms with Crippen molar-refractivity contribution in [3.05, 3.63) is 47.3 Å². The van der Waals surface area contributed by atoms with E-state index in [-0.39, 0.29) is 12.2 Å². The van der Waals surface area contributed by atoms with E-state index >= 15 is 0 Å². The maximum Gasteiger partial charge on any atom is 0.364 e. The van der Waals surface area contributed by atoms with Gasteiger partial charge in [-0.3, -0.25) is 4.57 Å². The first-order valence-electron chi connectivity index (χ1n) is 8.61. The number of benzene rings is 1. The molecular formula is C19H24NO4PS. The molecule has 1 unspecified atom stereocenters. The number of aliphatic hydroxyl groups is 1. The second kappa shape index (κ2) is 7.67. The molecule has 0 fully saturated rings. The fraction of sp³-hybridized carbons (Fsp3) is 0.368. The van der Waals surface area contributed by atoms with Crippen molar-refractivity contribution in [1.29, 1.82) is 0 Å². The number of H-pyrrole nitrogens is 1. The Kier molecular flexibility index (Phi) is 5.70. The molecule has 1 atom stereocenters. The van der Waals surface area contributed by atoms with Gasteiger partial charge < -0.3 is 19.1 Å². The summed E-state index contributed by atoms with van der Waals surface area (Å²) in [6.07, 6.45) is -0.686. The SMILES string of the molecule is CC(C)OP(=O)(OC(C)C)C(O)c1c(-c2cccs2)[nH]c2ccccc12. The standard InChI is InChI=1S/C19H24NO4PS/c1-12(2)23-25(22,24-13(3)4)19(21)17-14-8-5-6-9-15(14)20-18(17)16-10-7-11-26-16/h5-13,19-21H,1-4H3. The third kappa shape index (κ3) is 3.80. The van der Waals surface area contributed by atoms with Crippen molar-refractivity contribution in [2.24, 2.45) is 0 Å². The van der Waals surface area contributed by atoms with Gasteiger partial charge in [-0.15, -0.1) is 11.3 Å². The van der Waals surface area contributed by atoms with Gasteiger partial charge in [0.05, 0.1) is 22.8 Å². The van der Waals surface area contributed by atoms with Gasteiger partial charge in [0.1, 0.15) is 0 Å². The molecule has 0 saturated heterocycles. The van der Waals surface area contributed by atoms with Gasteiger partial charge in [-0.2, -0.15) is 0 Å². The number of aromatic nitrogens is 1. The minimum absolute atomic E-state index is 0.343. The van der Waals surface area contributed by atoms with E-state index in [9.17, 15) is 9.67 Å². The molecule has 2 heterocycles. The van der Waals surface area contributed by atoms with E-state index in [2.05, 4.69) is 4.98 Å². The number of aliphatic hydroxyl groups excluding tert-OH is 1. The van der Waals surface area contributed by atoms with Crippen molar-refractivity contribution < 1.29 is 18.7 Å². The van der Waals surface area contributed by atoms with E-state index in [0.29, 0.717) is 5.56 Å². The molecule has 0 saturated carbocycles. The quantitative estimate of drug-likeness (QED) is 0.488. The molecule has 0 bridgehead atoms. The fourth-order valence-electron chi connectivity index (χ4n) is 2.93. The van der Waals surface area contributed by atoms with Gasteiger partial charge in [0.15, 0.2) is 5.85 Å². The Morgan fingerprint density at radius 1 is 1.04 bits per heavy atom. The summed E-state index contributed by atoms with van der Waals surface area (Å²) in [6.45, 7) is 7.11. The molecular weight excluding hydrogens is 369 g/mol. The van der Waals surface area contributed by atoms with E-state index in [1.807, 2.05) is 41.8 Å². The van der Waals surface area contributed by atoms with Gasteiger partial charge in [0.2, 0.25) is 0 Å². The predicted octanol–water partition coefficient (Wildman–Crippen LogP) is 5.93. The summed E-state index contributed by atoms with van der Waals surface area (Å²) in [4.78, 5) is 4.30. The molecule has 1 aromatic carbocycles. The van der Waals surface area contributed by atoms with Crippen LogP contribution in [0.15, 0.2) is 41.8 Å². The maximum atomic E-state index is 13.5. The molecule has 0 aliphatic heterocycles. The lowest BCUT2D eigenvalue weighted by molar-refractivity contribution is 0.102. The largest absolute Gasteiger partial charge is 0.376 e. The normalized spacial score (nSPS) is 13.8. The van der Waals surface area contributed by atoms with E-state index < -0.39 is 13.4 Å². The summed E-state index contributed by atoms with van der Waals surface area (Å²) < 4.78 is 24.7. The number of rotatable bonds is 7. The molecule has 0 amide bonds. The molecule has 7 heteroatoms. The molecule has 0 aliphatic rings. The van der Waals surface area contributed by atoms with Crippen LogP contribution in [0.4, 0.5) is 0 Å².